The SMILES string of the molecule is CC1CCc2ccccc2N1CCC(=O)N(C)C1CC2CCC(C1)N2. The molecule has 3 unspecified atom stereocenters. The maximum absolute atomic E-state index is 12.8. The molecule has 2 saturated heterocycles. The molecule has 4 nitrogen and oxygen atoms in total. The maximum atomic E-state index is 12.8. The summed E-state index contributed by atoms with van der Waals surface area (Å²) in [5.74, 6) is 0.307. The van der Waals surface area contributed by atoms with Crippen LogP contribution in [0.1, 0.15) is 51.0 Å². The first-order valence-electron chi connectivity index (χ1n) is 9.98. The lowest BCUT2D eigenvalue weighted by Gasteiger charge is -2.38. The first-order valence-corrected chi connectivity index (χ1v) is 9.98. The van der Waals surface area contributed by atoms with E-state index in [1.54, 1.807) is 0 Å². The van der Waals surface area contributed by atoms with E-state index in [1.165, 1.54) is 30.5 Å². The second-order valence-electron chi connectivity index (χ2n) is 8.23. The number of nitrogens with one attached hydrogen (secondary N) is 1. The molecular formula is C21H31N3O. The molecule has 1 N–H and O–H groups in total. The number of anilines is 1. The number of hydrogen-bond donors (Lipinski definition) is 1. The number of nitrogens with zero attached hydrogens (tertiary/aromatic N) is 2. The molecule has 1 aromatic carbocycles. The molecule has 2 fully saturated rings. The number of hydrogen-bond acceptors (Lipinski definition) is 3. The van der Waals surface area contributed by atoms with Gasteiger partial charge in [-0.05, 0) is 57.1 Å². The highest BCUT2D eigenvalue weighted by molar-refractivity contribution is 5.77. The van der Waals surface area contributed by atoms with Crippen molar-refractivity contribution in [3.05, 3.63) is 29.8 Å². The number of benzene rings is 1. The van der Waals surface area contributed by atoms with Gasteiger partial charge in [-0.1, -0.05) is 18.2 Å². The number of amides is 1. The van der Waals surface area contributed by atoms with Crippen molar-refractivity contribution in [3.8, 4) is 0 Å². The lowest BCUT2D eigenvalue weighted by atomic mass is 9.96. The lowest BCUT2D eigenvalue weighted by molar-refractivity contribution is -0.132. The molecule has 4 heteroatoms. The van der Waals surface area contributed by atoms with Crippen LogP contribution in [0.2, 0.25) is 0 Å². The second kappa shape index (κ2) is 6.99. The summed E-state index contributed by atoms with van der Waals surface area (Å²) in [4.78, 5) is 17.3. The van der Waals surface area contributed by atoms with E-state index in [9.17, 15) is 4.79 Å². The van der Waals surface area contributed by atoms with Crippen molar-refractivity contribution < 1.29 is 4.79 Å². The predicted molar refractivity (Wildman–Crippen MR) is 102 cm³/mol. The molecule has 4 rings (SSSR count). The first-order chi connectivity index (χ1) is 12.1. The van der Waals surface area contributed by atoms with E-state index in [-0.39, 0.29) is 0 Å². The van der Waals surface area contributed by atoms with Crippen LogP contribution in [-0.4, -0.2) is 48.6 Å². The van der Waals surface area contributed by atoms with Gasteiger partial charge in [0, 0.05) is 49.9 Å². The van der Waals surface area contributed by atoms with Gasteiger partial charge in [-0.25, -0.2) is 0 Å². The highest BCUT2D eigenvalue weighted by Crippen LogP contribution is 2.31. The van der Waals surface area contributed by atoms with E-state index in [0.29, 0.717) is 36.5 Å². The Kier molecular flexibility index (Phi) is 4.72. The third-order valence-electron chi connectivity index (χ3n) is 6.62. The molecule has 3 atom stereocenters. The number of aryl methyl sites for hydroxylation is 1. The quantitative estimate of drug-likeness (QED) is 0.914. The zero-order chi connectivity index (χ0) is 17.4. The summed E-state index contributed by atoms with van der Waals surface area (Å²) in [5, 5.41) is 3.67. The van der Waals surface area contributed by atoms with Gasteiger partial charge < -0.3 is 15.1 Å². The minimum atomic E-state index is 0.307. The van der Waals surface area contributed by atoms with Gasteiger partial charge in [-0.15, -0.1) is 0 Å². The predicted octanol–water partition coefficient (Wildman–Crippen LogP) is 2.96. The Morgan fingerprint density at radius 3 is 2.68 bits per heavy atom. The van der Waals surface area contributed by atoms with Crippen molar-refractivity contribution in [2.75, 3.05) is 18.5 Å². The van der Waals surface area contributed by atoms with Crippen LogP contribution in [0.15, 0.2) is 24.3 Å². The van der Waals surface area contributed by atoms with Gasteiger partial charge in [0.05, 0.1) is 0 Å². The number of carbonyl (C=O) groups is 1. The fourth-order valence-electron chi connectivity index (χ4n) is 5.04. The van der Waals surface area contributed by atoms with Gasteiger partial charge in [0.2, 0.25) is 5.91 Å². The van der Waals surface area contributed by atoms with E-state index in [0.717, 1.165) is 25.8 Å². The van der Waals surface area contributed by atoms with Crippen LogP contribution >= 0.6 is 0 Å². The van der Waals surface area contributed by atoms with Gasteiger partial charge in [-0.3, -0.25) is 4.79 Å². The minimum absolute atomic E-state index is 0.307. The molecule has 0 spiro atoms. The standard InChI is InChI=1S/C21H31N3O/c1-15-7-8-16-5-3-4-6-20(16)24(15)12-11-21(25)23(2)19-13-17-9-10-18(14-19)22-17/h3-6,15,17-19,22H,7-14H2,1-2H3. The molecule has 2 bridgehead atoms. The average molecular weight is 341 g/mol. The zero-order valence-electron chi connectivity index (χ0n) is 15.6. The fourth-order valence-corrected chi connectivity index (χ4v) is 5.04. The highest BCUT2D eigenvalue weighted by atomic mass is 16.2. The van der Waals surface area contributed by atoms with Crippen LogP contribution in [-0.2, 0) is 11.2 Å². The van der Waals surface area contributed by atoms with Crippen LogP contribution < -0.4 is 10.2 Å². The van der Waals surface area contributed by atoms with Crippen molar-refractivity contribution in [3.63, 3.8) is 0 Å². The van der Waals surface area contributed by atoms with Crippen LogP contribution in [0.3, 0.4) is 0 Å². The highest BCUT2D eigenvalue weighted by Gasteiger charge is 2.36. The van der Waals surface area contributed by atoms with E-state index in [2.05, 4.69) is 41.4 Å². The number of fused-ring (bicyclic) bond motifs is 3. The molecule has 136 valence electrons. The third-order valence-corrected chi connectivity index (χ3v) is 6.62. The van der Waals surface area contributed by atoms with Crippen LogP contribution in [0, 0.1) is 0 Å². The second-order valence-corrected chi connectivity index (χ2v) is 8.23. The molecule has 0 saturated carbocycles. The molecule has 0 radical (unpaired) electrons. The largest absolute Gasteiger partial charge is 0.368 e. The Hall–Kier alpha value is -1.55. The van der Waals surface area contributed by atoms with Gasteiger partial charge in [0.1, 0.15) is 0 Å². The molecule has 0 aromatic heterocycles. The first kappa shape index (κ1) is 16.9. The Balaban J connectivity index is 1.37. The molecule has 1 amide bonds. The number of carbonyl (C=O) groups excluding carboxylic acids is 1. The van der Waals surface area contributed by atoms with Gasteiger partial charge >= 0.3 is 0 Å². The van der Waals surface area contributed by atoms with Crippen molar-refractivity contribution in [2.45, 2.75) is 76.0 Å². The Bertz CT molecular complexity index is 619. The normalized spacial score (nSPS) is 30.9. The van der Waals surface area contributed by atoms with E-state index in [4.69, 9.17) is 0 Å². The van der Waals surface area contributed by atoms with Gasteiger partial charge in [-0.2, -0.15) is 0 Å². The third kappa shape index (κ3) is 3.41. The van der Waals surface area contributed by atoms with E-state index >= 15 is 0 Å². The molecule has 3 aliphatic heterocycles. The van der Waals surface area contributed by atoms with Crippen LogP contribution in [0.25, 0.3) is 0 Å². The zero-order valence-corrected chi connectivity index (χ0v) is 15.6. The average Bonchev–Trinajstić information content (AvgIpc) is 2.97. The molecule has 0 aliphatic carbocycles. The maximum Gasteiger partial charge on any atom is 0.224 e. The summed E-state index contributed by atoms with van der Waals surface area (Å²) in [7, 11) is 2.02. The number of piperidine rings is 1. The van der Waals surface area contributed by atoms with Crippen LogP contribution in [0.4, 0.5) is 5.69 Å². The molecule has 1 aromatic rings. The summed E-state index contributed by atoms with van der Waals surface area (Å²) < 4.78 is 0. The van der Waals surface area contributed by atoms with Crippen molar-refractivity contribution in [2.24, 2.45) is 0 Å². The summed E-state index contributed by atoms with van der Waals surface area (Å²) in [5.41, 5.74) is 2.76. The van der Waals surface area contributed by atoms with E-state index in [1.807, 2.05) is 11.9 Å². The van der Waals surface area contributed by atoms with Gasteiger partial charge in [0.15, 0.2) is 0 Å². The number of rotatable bonds is 4. The molecule has 3 heterocycles. The Labute approximate surface area is 151 Å². The smallest absolute Gasteiger partial charge is 0.224 e. The summed E-state index contributed by atoms with van der Waals surface area (Å²) >= 11 is 0. The topological polar surface area (TPSA) is 35.6 Å². The molecule has 25 heavy (non-hydrogen) atoms. The fraction of sp³-hybridized carbons (Fsp3) is 0.667. The number of para-hydroxylation sites is 1. The Morgan fingerprint density at radius 1 is 1.20 bits per heavy atom. The minimum Gasteiger partial charge on any atom is -0.368 e. The van der Waals surface area contributed by atoms with Gasteiger partial charge in [0.25, 0.3) is 0 Å². The summed E-state index contributed by atoms with van der Waals surface area (Å²) in [6.45, 7) is 3.12. The summed E-state index contributed by atoms with van der Waals surface area (Å²) in [6, 6.07) is 10.9. The lowest BCUT2D eigenvalue weighted by Crippen LogP contribution is -2.49. The van der Waals surface area contributed by atoms with E-state index < -0.39 is 0 Å². The van der Waals surface area contributed by atoms with Crippen molar-refractivity contribution in [1.29, 1.82) is 0 Å². The summed E-state index contributed by atoms with van der Waals surface area (Å²) in [6.07, 6.45) is 7.77. The molecular weight excluding hydrogens is 310 g/mol. The molecule has 3 aliphatic rings. The Morgan fingerprint density at radius 2 is 1.92 bits per heavy atom. The van der Waals surface area contributed by atoms with Crippen molar-refractivity contribution in [1.82, 2.24) is 10.2 Å². The monoisotopic (exact) mass is 341 g/mol. The van der Waals surface area contributed by atoms with Crippen molar-refractivity contribution >= 4 is 11.6 Å². The van der Waals surface area contributed by atoms with Crippen LogP contribution in [0.5, 0.6) is 0 Å².